The fourth-order valence-electron chi connectivity index (χ4n) is 14.6. The molecule has 2 aromatic carbocycles. The van der Waals surface area contributed by atoms with Crippen molar-refractivity contribution in [2.75, 3.05) is 99.1 Å². The Morgan fingerprint density at radius 1 is 0.869 bits per heavy atom. The lowest BCUT2D eigenvalue weighted by atomic mass is 9.81. The predicted octanol–water partition coefficient (Wildman–Crippen LogP) is 7.14. The van der Waals surface area contributed by atoms with E-state index in [1.807, 2.05) is 87.9 Å². The van der Waals surface area contributed by atoms with E-state index in [9.17, 15) is 19.8 Å². The number of aromatic nitrogens is 5. The van der Waals surface area contributed by atoms with Gasteiger partial charge in [0.05, 0.1) is 58.4 Å². The molecule has 1 aliphatic carbocycles. The van der Waals surface area contributed by atoms with E-state index in [1.54, 1.807) is 28.4 Å². The first-order chi connectivity index (χ1) is 40.7. The average Bonchev–Trinajstić information content (AvgIpc) is 2.43. The number of β-amino-alcohol motifs (C(OH)–C–C–N with tert-alkyl or cyclic N) is 1. The molecule has 6 saturated heterocycles. The van der Waals surface area contributed by atoms with Gasteiger partial charge in [0.25, 0.3) is 0 Å². The molecule has 0 radical (unpaired) electrons. The number of thiazole rings is 1. The van der Waals surface area contributed by atoms with Crippen molar-refractivity contribution >= 4 is 46.2 Å². The van der Waals surface area contributed by atoms with E-state index in [2.05, 4.69) is 67.3 Å². The van der Waals surface area contributed by atoms with Gasteiger partial charge in [0.15, 0.2) is 17.4 Å². The summed E-state index contributed by atoms with van der Waals surface area (Å²) in [6.07, 6.45) is 7.69. The number of likely N-dealkylation sites (tertiary alicyclic amines) is 1. The van der Waals surface area contributed by atoms with Crippen LogP contribution in [0.15, 0.2) is 89.0 Å². The largest absolute Gasteiger partial charge is 0.507 e. The van der Waals surface area contributed by atoms with Crippen molar-refractivity contribution in [3.8, 4) is 33.3 Å². The van der Waals surface area contributed by atoms with Crippen molar-refractivity contribution in [1.82, 2.24) is 45.3 Å². The lowest BCUT2D eigenvalue weighted by Gasteiger charge is -2.57. The number of piperazine rings is 2. The molecule has 6 aliphatic heterocycles. The molecule has 7 aliphatic rings. The Morgan fingerprint density at radius 3 is 2.36 bits per heavy atom. The molecule has 2 amide bonds. The Kier molecular flexibility index (Phi) is 15.7. The molecule has 2 unspecified atom stereocenters. The fourth-order valence-corrected chi connectivity index (χ4v) is 15.4. The lowest BCUT2D eigenvalue weighted by Crippen LogP contribution is -2.72. The van der Waals surface area contributed by atoms with E-state index in [1.165, 1.54) is 0 Å². The van der Waals surface area contributed by atoms with Gasteiger partial charge in [-0.3, -0.25) is 19.4 Å². The van der Waals surface area contributed by atoms with Gasteiger partial charge < -0.3 is 54.9 Å². The number of anilines is 4. The number of aryl methyl sites for hydroxylation is 1. The number of piperidine rings is 1. The minimum Gasteiger partial charge on any atom is -0.507 e. The molecule has 444 valence electrons. The first-order valence-corrected chi connectivity index (χ1v) is 31.2. The molecule has 21 heteroatoms. The van der Waals surface area contributed by atoms with Gasteiger partial charge in [-0.25, -0.2) is 9.97 Å². The average molecular weight is 1160 g/mol. The van der Waals surface area contributed by atoms with Crippen molar-refractivity contribution in [3.63, 3.8) is 0 Å². The summed E-state index contributed by atoms with van der Waals surface area (Å²) in [5.74, 6) is 2.29. The van der Waals surface area contributed by atoms with E-state index in [-0.39, 0.29) is 54.1 Å². The highest BCUT2D eigenvalue weighted by Gasteiger charge is 2.50. The molecule has 2 bridgehead atoms. The second-order valence-electron chi connectivity index (χ2n) is 25.3. The number of carbonyl (C=O) groups is 2. The van der Waals surface area contributed by atoms with Crippen LogP contribution in [0, 0.1) is 24.7 Å². The number of pyridine rings is 1. The quantitative estimate of drug-likeness (QED) is 0.0711. The third kappa shape index (κ3) is 11.3. The van der Waals surface area contributed by atoms with E-state index >= 15 is 0 Å². The molecule has 10 heterocycles. The Hall–Kier alpha value is -6.91. The van der Waals surface area contributed by atoms with Gasteiger partial charge in [-0.05, 0) is 106 Å². The molecule has 13 rings (SSSR count). The molecular formula is C63H79N13O7S. The van der Waals surface area contributed by atoms with Crippen molar-refractivity contribution in [2.24, 2.45) is 17.8 Å². The number of phenols is 1. The number of nitrogens with two attached hydrogens (primary N) is 1. The SMILES string of the molecule is Cc1ncsc1-c1ccc([C@H](C)NC(=O)[C@@H]2C[C@@H](O)CN2C(=O)[C@@H](c2cc(N3CCC(CN4CCN(CC5CC(Oc6cc(N7C8CCC7CN(c7cc(-c9ccccc9O)nnc7N)C8)ccn6)C5)CC45COC5)CC3)no2)C(C)C)cc1. The molecule has 7 fully saturated rings. The first-order valence-electron chi connectivity index (χ1n) is 30.4. The molecule has 6 atom stereocenters. The van der Waals surface area contributed by atoms with Crippen LogP contribution in [-0.2, 0) is 14.3 Å². The minimum absolute atomic E-state index is 0.0537. The summed E-state index contributed by atoms with van der Waals surface area (Å²) in [6.45, 7) is 18.1. The van der Waals surface area contributed by atoms with Gasteiger partial charge in [0.2, 0.25) is 17.7 Å². The van der Waals surface area contributed by atoms with Crippen LogP contribution in [0.2, 0.25) is 0 Å². The van der Waals surface area contributed by atoms with Crippen LogP contribution in [0.5, 0.6) is 11.6 Å². The molecule has 84 heavy (non-hydrogen) atoms. The van der Waals surface area contributed by atoms with Crippen LogP contribution in [0.3, 0.4) is 0 Å². The number of fused-ring (bicyclic) bond motifs is 2. The van der Waals surface area contributed by atoms with Crippen LogP contribution in [0.4, 0.5) is 23.0 Å². The van der Waals surface area contributed by atoms with E-state index in [0.717, 1.165) is 150 Å². The maximum Gasteiger partial charge on any atom is 0.243 e. The molecule has 4 aromatic heterocycles. The van der Waals surface area contributed by atoms with Crippen LogP contribution >= 0.6 is 11.3 Å². The van der Waals surface area contributed by atoms with Crippen LogP contribution < -0.4 is 30.5 Å². The maximum absolute atomic E-state index is 14.5. The van der Waals surface area contributed by atoms with Crippen LogP contribution in [-0.4, -0.2) is 177 Å². The number of nitrogen functional groups attached to an aromatic ring is 1. The summed E-state index contributed by atoms with van der Waals surface area (Å²) in [5.41, 5.74) is 14.6. The zero-order valence-corrected chi connectivity index (χ0v) is 49.4. The van der Waals surface area contributed by atoms with Gasteiger partial charge in [0.1, 0.15) is 23.8 Å². The number of para-hydroxylation sites is 1. The van der Waals surface area contributed by atoms with Crippen molar-refractivity contribution in [1.29, 1.82) is 0 Å². The van der Waals surface area contributed by atoms with Crippen LogP contribution in [0.1, 0.15) is 94.7 Å². The zero-order valence-electron chi connectivity index (χ0n) is 48.6. The normalized spacial score (nSPS) is 25.2. The van der Waals surface area contributed by atoms with Crippen molar-refractivity contribution in [2.45, 2.75) is 120 Å². The molecule has 20 nitrogen and oxygen atoms in total. The third-order valence-corrected chi connectivity index (χ3v) is 20.2. The molecular weight excluding hydrogens is 1080 g/mol. The predicted molar refractivity (Wildman–Crippen MR) is 322 cm³/mol. The number of aliphatic hydroxyl groups is 1. The Morgan fingerprint density at radius 2 is 1.64 bits per heavy atom. The highest BCUT2D eigenvalue weighted by Crippen LogP contribution is 2.42. The number of aromatic hydroxyl groups is 1. The summed E-state index contributed by atoms with van der Waals surface area (Å²) >= 11 is 1.60. The second-order valence-corrected chi connectivity index (χ2v) is 26.2. The number of nitrogens with zero attached hydrogens (tertiary/aromatic N) is 11. The summed E-state index contributed by atoms with van der Waals surface area (Å²) < 4.78 is 18.5. The lowest BCUT2D eigenvalue weighted by molar-refractivity contribution is -0.175. The Balaban J connectivity index is 0.558. The number of rotatable bonds is 17. The highest BCUT2D eigenvalue weighted by molar-refractivity contribution is 7.13. The van der Waals surface area contributed by atoms with Crippen molar-refractivity contribution < 1.29 is 33.8 Å². The number of carbonyl (C=O) groups excluding carboxylic acids is 2. The smallest absolute Gasteiger partial charge is 0.243 e. The summed E-state index contributed by atoms with van der Waals surface area (Å²) in [5, 5.41) is 37.6. The fraction of sp³-hybridized carbons (Fsp3) is 0.540. The number of phenolic OH excluding ortho intramolecular Hbond substituents is 1. The number of aliphatic hydroxyl groups excluding tert-OH is 1. The second kappa shape index (κ2) is 23.5. The van der Waals surface area contributed by atoms with Gasteiger partial charge in [-0.15, -0.1) is 21.5 Å². The number of amides is 2. The summed E-state index contributed by atoms with van der Waals surface area (Å²) in [7, 11) is 0. The molecule has 1 spiro atoms. The monoisotopic (exact) mass is 1160 g/mol. The summed E-state index contributed by atoms with van der Waals surface area (Å²) in [6, 6.07) is 22.9. The van der Waals surface area contributed by atoms with E-state index < -0.39 is 18.1 Å². The minimum atomic E-state index is -0.807. The van der Waals surface area contributed by atoms with Crippen molar-refractivity contribution in [3.05, 3.63) is 102 Å². The zero-order chi connectivity index (χ0) is 57.8. The standard InChI is InChI=1S/C63H79N13O7S/c1-38(2)58(62(80)75-33-48(77)26-53(75)61(79)67-39(3)43-9-11-44(12-10-43)59-40(4)66-37-84-59)55-28-56(70-83-55)72-19-16-41(17-20-72)30-74-22-21-71(34-63(74)35-81-36-63)29-42-23-49(24-42)82-57-25-45(15-18-65-57)76-46-13-14-47(76)32-73(31-46)52-27-51(68-69-60(52)64)50-7-5-6-8-54(50)78/h5-12,15,18,25,27-28,37-39,41-42,46-49,53,58,77-78H,13-14,16-17,19-24,26,29-36H2,1-4H3,(H2,64,69)(H,67,79)/t39-,42?,46?,47?,48+,49?,53-,58+/m0/s1. The Labute approximate surface area is 495 Å². The topological polar surface area (TPSA) is 228 Å². The molecule has 1 saturated carbocycles. The third-order valence-electron chi connectivity index (χ3n) is 19.2. The number of ether oxygens (including phenoxy) is 2. The molecule has 6 aromatic rings. The number of benzene rings is 2. The number of hydrogen-bond acceptors (Lipinski definition) is 19. The molecule has 5 N–H and O–H groups in total. The van der Waals surface area contributed by atoms with Gasteiger partial charge >= 0.3 is 0 Å². The Bertz CT molecular complexity index is 3290. The van der Waals surface area contributed by atoms with Gasteiger partial charge in [0, 0.05) is 114 Å². The van der Waals surface area contributed by atoms with E-state index in [4.69, 9.17) is 19.7 Å². The number of nitrogens with one attached hydrogen (secondary N) is 1. The highest BCUT2D eigenvalue weighted by atomic mass is 32.1. The van der Waals surface area contributed by atoms with E-state index in [0.29, 0.717) is 52.6 Å². The van der Waals surface area contributed by atoms with Gasteiger partial charge in [-0.2, -0.15) is 0 Å². The van der Waals surface area contributed by atoms with Gasteiger partial charge in [-0.1, -0.05) is 55.4 Å². The summed E-state index contributed by atoms with van der Waals surface area (Å²) in [4.78, 5) is 52.6. The first kappa shape index (κ1) is 56.2. The van der Waals surface area contributed by atoms with Crippen LogP contribution in [0.25, 0.3) is 21.7 Å². The maximum atomic E-state index is 14.5. The number of hydrogen-bond donors (Lipinski definition) is 4.